The van der Waals surface area contributed by atoms with Gasteiger partial charge >= 0.3 is 0 Å². The fourth-order valence-corrected chi connectivity index (χ4v) is 2.81. The lowest BCUT2D eigenvalue weighted by Gasteiger charge is -2.36. The third-order valence-electron chi connectivity index (χ3n) is 4.16. The largest absolute Gasteiger partial charge is 0.497 e. The van der Waals surface area contributed by atoms with Gasteiger partial charge in [-0.25, -0.2) is 0 Å². The van der Waals surface area contributed by atoms with Gasteiger partial charge in [-0.3, -0.25) is 4.79 Å². The Morgan fingerprint density at radius 3 is 2.29 bits per heavy atom. The standard InChI is InChI=1S/C17H25NO6/c1-20-13-5-11(6-14(7-13)21-2)17(19)18-8-12-9-24-10-15(22-3)16(12)23-4/h5-7,12,15-16H,8-10H2,1-4H3,(H,18,19)/t12-,15-,16+/m1/s1. The highest BCUT2D eigenvalue weighted by atomic mass is 16.6. The van der Waals surface area contributed by atoms with Gasteiger partial charge in [-0.05, 0) is 12.1 Å². The van der Waals surface area contributed by atoms with E-state index >= 15 is 0 Å². The third-order valence-corrected chi connectivity index (χ3v) is 4.16. The van der Waals surface area contributed by atoms with Crippen LogP contribution in [0, 0.1) is 5.92 Å². The normalized spacial score (nSPS) is 23.6. The Kier molecular flexibility index (Phi) is 6.84. The molecule has 7 nitrogen and oxygen atoms in total. The SMILES string of the molecule is COc1cc(OC)cc(C(=O)NC[C@@H]2COC[C@@H](OC)[C@H]2OC)c1. The van der Waals surface area contributed by atoms with Gasteiger partial charge in [0.1, 0.15) is 17.6 Å². The molecular weight excluding hydrogens is 314 g/mol. The Morgan fingerprint density at radius 1 is 1.08 bits per heavy atom. The molecule has 3 atom stereocenters. The van der Waals surface area contributed by atoms with E-state index in [-0.39, 0.29) is 24.0 Å². The number of nitrogens with one attached hydrogen (secondary N) is 1. The van der Waals surface area contributed by atoms with Gasteiger partial charge in [-0.2, -0.15) is 0 Å². The van der Waals surface area contributed by atoms with Crippen molar-refractivity contribution in [3.8, 4) is 11.5 Å². The van der Waals surface area contributed by atoms with Crippen LogP contribution in [0.5, 0.6) is 11.5 Å². The first-order valence-corrected chi connectivity index (χ1v) is 7.77. The van der Waals surface area contributed by atoms with Crippen LogP contribution in [0.1, 0.15) is 10.4 Å². The smallest absolute Gasteiger partial charge is 0.251 e. The first kappa shape index (κ1) is 18.5. The summed E-state index contributed by atoms with van der Waals surface area (Å²) in [5.41, 5.74) is 0.472. The van der Waals surface area contributed by atoms with Gasteiger partial charge in [-0.1, -0.05) is 0 Å². The van der Waals surface area contributed by atoms with Gasteiger partial charge in [0.15, 0.2) is 0 Å². The summed E-state index contributed by atoms with van der Waals surface area (Å²) in [6, 6.07) is 5.05. The van der Waals surface area contributed by atoms with E-state index in [0.717, 1.165) is 0 Å². The van der Waals surface area contributed by atoms with Crippen molar-refractivity contribution in [2.24, 2.45) is 5.92 Å². The molecule has 1 fully saturated rings. The topological polar surface area (TPSA) is 75.3 Å². The molecule has 0 spiro atoms. The lowest BCUT2D eigenvalue weighted by atomic mass is 9.96. The monoisotopic (exact) mass is 339 g/mol. The van der Waals surface area contributed by atoms with Crippen LogP contribution in [0.25, 0.3) is 0 Å². The molecule has 24 heavy (non-hydrogen) atoms. The Morgan fingerprint density at radius 2 is 1.75 bits per heavy atom. The fourth-order valence-electron chi connectivity index (χ4n) is 2.81. The summed E-state index contributed by atoms with van der Waals surface area (Å²) in [6.45, 7) is 1.43. The third kappa shape index (κ3) is 4.37. The highest BCUT2D eigenvalue weighted by Crippen LogP contribution is 2.23. The summed E-state index contributed by atoms with van der Waals surface area (Å²) in [5, 5.41) is 2.91. The maximum Gasteiger partial charge on any atom is 0.251 e. The van der Waals surface area contributed by atoms with Crippen molar-refractivity contribution in [1.29, 1.82) is 0 Å². The molecule has 134 valence electrons. The van der Waals surface area contributed by atoms with Crippen LogP contribution in [0.4, 0.5) is 0 Å². The van der Waals surface area contributed by atoms with Crippen LogP contribution < -0.4 is 14.8 Å². The number of amides is 1. The van der Waals surface area contributed by atoms with Crippen molar-refractivity contribution in [2.45, 2.75) is 12.2 Å². The molecule has 0 unspecified atom stereocenters. The number of carbonyl (C=O) groups excluding carboxylic acids is 1. The van der Waals surface area contributed by atoms with E-state index in [4.69, 9.17) is 23.7 Å². The number of rotatable bonds is 7. The lowest BCUT2D eigenvalue weighted by molar-refractivity contribution is -0.145. The second-order valence-electron chi connectivity index (χ2n) is 5.58. The number of benzene rings is 1. The van der Waals surface area contributed by atoms with Gasteiger partial charge in [-0.15, -0.1) is 0 Å². The van der Waals surface area contributed by atoms with E-state index in [0.29, 0.717) is 36.8 Å². The number of methoxy groups -OCH3 is 4. The van der Waals surface area contributed by atoms with Crippen LogP contribution in [0.2, 0.25) is 0 Å². The predicted molar refractivity (Wildman–Crippen MR) is 87.8 cm³/mol. The van der Waals surface area contributed by atoms with Gasteiger partial charge in [0.05, 0.1) is 33.5 Å². The molecular formula is C17H25NO6. The van der Waals surface area contributed by atoms with E-state index in [1.165, 1.54) is 0 Å². The van der Waals surface area contributed by atoms with Crippen molar-refractivity contribution in [1.82, 2.24) is 5.32 Å². The number of ether oxygens (including phenoxy) is 5. The molecule has 2 rings (SSSR count). The first-order chi connectivity index (χ1) is 11.6. The minimum absolute atomic E-state index is 0.0187. The molecule has 1 amide bonds. The van der Waals surface area contributed by atoms with Crippen LogP contribution >= 0.6 is 0 Å². The minimum atomic E-state index is -0.207. The van der Waals surface area contributed by atoms with Crippen molar-refractivity contribution in [2.75, 3.05) is 48.2 Å². The summed E-state index contributed by atoms with van der Waals surface area (Å²) in [7, 11) is 6.36. The lowest BCUT2D eigenvalue weighted by Crippen LogP contribution is -2.50. The van der Waals surface area contributed by atoms with Gasteiger partial charge in [0.2, 0.25) is 0 Å². The summed E-state index contributed by atoms with van der Waals surface area (Å²) in [6.07, 6.45) is -0.258. The van der Waals surface area contributed by atoms with E-state index in [1.54, 1.807) is 46.6 Å². The summed E-state index contributed by atoms with van der Waals surface area (Å²) >= 11 is 0. The van der Waals surface area contributed by atoms with Crippen molar-refractivity contribution >= 4 is 5.91 Å². The second-order valence-corrected chi connectivity index (χ2v) is 5.58. The predicted octanol–water partition coefficient (Wildman–Crippen LogP) is 1.11. The summed E-state index contributed by atoms with van der Waals surface area (Å²) in [5.74, 6) is 0.941. The molecule has 7 heteroatoms. The van der Waals surface area contributed by atoms with E-state index in [1.807, 2.05) is 0 Å². The Labute approximate surface area is 142 Å². The number of hydrogen-bond acceptors (Lipinski definition) is 6. The van der Waals surface area contributed by atoms with Crippen LogP contribution in [0.3, 0.4) is 0 Å². The highest BCUT2D eigenvalue weighted by molar-refractivity contribution is 5.95. The van der Waals surface area contributed by atoms with Crippen molar-refractivity contribution in [3.63, 3.8) is 0 Å². The van der Waals surface area contributed by atoms with Gasteiger partial charge < -0.3 is 29.0 Å². The molecule has 1 heterocycles. The number of hydrogen-bond donors (Lipinski definition) is 1. The van der Waals surface area contributed by atoms with Crippen molar-refractivity contribution < 1.29 is 28.5 Å². The quantitative estimate of drug-likeness (QED) is 0.802. The highest BCUT2D eigenvalue weighted by Gasteiger charge is 2.34. The summed E-state index contributed by atoms with van der Waals surface area (Å²) in [4.78, 5) is 12.4. The van der Waals surface area contributed by atoms with Crippen molar-refractivity contribution in [3.05, 3.63) is 23.8 Å². The molecule has 1 saturated heterocycles. The molecule has 1 aliphatic rings. The van der Waals surface area contributed by atoms with E-state index < -0.39 is 0 Å². The van der Waals surface area contributed by atoms with Crippen LogP contribution in [0.15, 0.2) is 18.2 Å². The van der Waals surface area contributed by atoms with Crippen LogP contribution in [-0.4, -0.2) is 66.3 Å². The summed E-state index contributed by atoms with van der Waals surface area (Å²) < 4.78 is 26.8. The first-order valence-electron chi connectivity index (χ1n) is 7.77. The molecule has 1 aromatic carbocycles. The average molecular weight is 339 g/mol. The fraction of sp³-hybridized carbons (Fsp3) is 0.588. The molecule has 1 N–H and O–H groups in total. The zero-order valence-electron chi connectivity index (χ0n) is 14.5. The number of carbonyl (C=O) groups is 1. The maximum absolute atomic E-state index is 12.4. The Hall–Kier alpha value is -1.83. The molecule has 1 aromatic rings. The Balaban J connectivity index is 2.02. The zero-order chi connectivity index (χ0) is 17.5. The Bertz CT molecular complexity index is 528. The van der Waals surface area contributed by atoms with E-state index in [9.17, 15) is 4.79 Å². The van der Waals surface area contributed by atoms with Crippen LogP contribution in [-0.2, 0) is 14.2 Å². The molecule has 0 bridgehead atoms. The average Bonchev–Trinajstić information content (AvgIpc) is 2.64. The zero-order valence-corrected chi connectivity index (χ0v) is 14.5. The second kappa shape index (κ2) is 8.86. The molecule has 0 radical (unpaired) electrons. The van der Waals surface area contributed by atoms with Gasteiger partial charge in [0, 0.05) is 38.3 Å². The molecule has 0 aromatic heterocycles. The molecule has 0 aliphatic carbocycles. The van der Waals surface area contributed by atoms with E-state index in [2.05, 4.69) is 5.32 Å². The maximum atomic E-state index is 12.4. The minimum Gasteiger partial charge on any atom is -0.497 e. The molecule has 0 saturated carbocycles. The molecule has 1 aliphatic heterocycles. The van der Waals surface area contributed by atoms with Gasteiger partial charge in [0.25, 0.3) is 5.91 Å².